The predicted molar refractivity (Wildman–Crippen MR) is 69.4 cm³/mol. The summed E-state index contributed by atoms with van der Waals surface area (Å²) in [6, 6.07) is 3.80. The van der Waals surface area contributed by atoms with Crippen LogP contribution in [0.3, 0.4) is 0 Å². The number of phenolic OH excluding ortho intramolecular Hbond substituents is 1. The molecule has 8 nitrogen and oxygen atoms in total. The second-order valence-electron chi connectivity index (χ2n) is 3.80. The van der Waals surface area contributed by atoms with E-state index in [1.807, 2.05) is 0 Å². The number of carbonyl (C=O) groups is 1. The van der Waals surface area contributed by atoms with Crippen LogP contribution in [-0.2, 0) is 0 Å². The van der Waals surface area contributed by atoms with Crippen molar-refractivity contribution in [3.8, 4) is 17.1 Å². The second-order valence-corrected chi connectivity index (χ2v) is 4.78. The average molecular weight is 297 g/mol. The molecule has 5 N–H and O–H groups in total. The molecule has 0 atom stereocenters. The lowest BCUT2D eigenvalue weighted by atomic mass is 10.1. The Hall–Kier alpha value is -2.10. The van der Waals surface area contributed by atoms with Gasteiger partial charge < -0.3 is 20.4 Å². The normalized spacial score (nSPS) is 10.9. The van der Waals surface area contributed by atoms with E-state index in [0.717, 1.165) is 11.8 Å². The van der Waals surface area contributed by atoms with Gasteiger partial charge >= 0.3 is 5.97 Å². The average Bonchev–Trinajstić information content (AvgIpc) is 2.85. The summed E-state index contributed by atoms with van der Waals surface area (Å²) in [6.45, 7) is 0. The number of aliphatic hydroxyl groups is 2. The van der Waals surface area contributed by atoms with E-state index < -0.39 is 12.3 Å². The van der Waals surface area contributed by atoms with E-state index in [4.69, 9.17) is 15.3 Å². The molecule has 0 aliphatic rings. The molecule has 0 radical (unpaired) electrons. The maximum Gasteiger partial charge on any atom is 0.335 e. The lowest BCUT2D eigenvalue weighted by Gasteiger charge is -2.02. The number of phenols is 1. The zero-order chi connectivity index (χ0) is 14.7. The summed E-state index contributed by atoms with van der Waals surface area (Å²) < 4.78 is 0. The number of hydrogen-bond donors (Lipinski definition) is 5. The van der Waals surface area contributed by atoms with E-state index in [9.17, 15) is 9.90 Å². The van der Waals surface area contributed by atoms with Crippen LogP contribution in [0.5, 0.6) is 5.75 Å². The standard InChI is InChI=1S/C11H11N3O5S/c15-7-2-1-5(10(18)19)3-6(7)9-12-11(14-13-9)20-4-8(16)17/h1-3,8,15-17H,4H2,(H,18,19)(H,12,13,14). The van der Waals surface area contributed by atoms with Gasteiger partial charge in [0.15, 0.2) is 12.1 Å². The fourth-order valence-electron chi connectivity index (χ4n) is 1.44. The maximum absolute atomic E-state index is 10.9. The van der Waals surface area contributed by atoms with Gasteiger partial charge in [0.1, 0.15) is 5.75 Å². The first-order chi connectivity index (χ1) is 9.47. The molecule has 20 heavy (non-hydrogen) atoms. The summed E-state index contributed by atoms with van der Waals surface area (Å²) in [5.74, 6) is -1.06. The maximum atomic E-state index is 10.9. The van der Waals surface area contributed by atoms with Crippen LogP contribution < -0.4 is 0 Å². The Kier molecular flexibility index (Phi) is 4.23. The number of aromatic amines is 1. The van der Waals surface area contributed by atoms with Gasteiger partial charge in [-0.15, -0.1) is 5.10 Å². The molecule has 2 aromatic rings. The minimum Gasteiger partial charge on any atom is -0.507 e. The molecule has 0 spiro atoms. The van der Waals surface area contributed by atoms with E-state index >= 15 is 0 Å². The van der Waals surface area contributed by atoms with Crippen molar-refractivity contribution in [1.29, 1.82) is 0 Å². The molecular weight excluding hydrogens is 286 g/mol. The molecule has 0 unspecified atom stereocenters. The number of rotatable bonds is 5. The van der Waals surface area contributed by atoms with Crippen molar-refractivity contribution in [1.82, 2.24) is 15.2 Å². The highest BCUT2D eigenvalue weighted by Gasteiger charge is 2.14. The van der Waals surface area contributed by atoms with E-state index in [2.05, 4.69) is 15.2 Å². The minimum absolute atomic E-state index is 0.00155. The quantitative estimate of drug-likeness (QED) is 0.391. The molecule has 0 fully saturated rings. The minimum atomic E-state index is -1.48. The number of aliphatic hydroxyl groups excluding tert-OH is 1. The van der Waals surface area contributed by atoms with Crippen molar-refractivity contribution in [2.75, 3.05) is 5.75 Å². The van der Waals surface area contributed by atoms with Gasteiger partial charge in [0, 0.05) is 0 Å². The summed E-state index contributed by atoms with van der Waals surface area (Å²) in [7, 11) is 0. The number of carboxylic acid groups (broad SMARTS) is 1. The lowest BCUT2D eigenvalue weighted by Crippen LogP contribution is -2.07. The first-order valence-electron chi connectivity index (χ1n) is 5.45. The number of aromatic carboxylic acids is 1. The van der Waals surface area contributed by atoms with Gasteiger partial charge in [-0.2, -0.15) is 0 Å². The Morgan fingerprint density at radius 2 is 2.15 bits per heavy atom. The number of thioether (sulfide) groups is 1. The van der Waals surface area contributed by atoms with Gasteiger partial charge in [0.25, 0.3) is 0 Å². The zero-order valence-electron chi connectivity index (χ0n) is 10.0. The molecule has 0 saturated heterocycles. The molecule has 1 aromatic carbocycles. The van der Waals surface area contributed by atoms with Crippen molar-refractivity contribution in [3.05, 3.63) is 23.8 Å². The van der Waals surface area contributed by atoms with Gasteiger partial charge in [-0.1, -0.05) is 11.8 Å². The SMILES string of the molecule is O=C(O)c1ccc(O)c(-c2nc(SCC(O)O)n[nH]2)c1. The van der Waals surface area contributed by atoms with Crippen LogP contribution in [0.1, 0.15) is 10.4 Å². The highest BCUT2D eigenvalue weighted by Crippen LogP contribution is 2.28. The molecule has 0 amide bonds. The molecule has 106 valence electrons. The molecule has 1 heterocycles. The van der Waals surface area contributed by atoms with Crippen molar-refractivity contribution < 1.29 is 25.2 Å². The summed E-state index contributed by atoms with van der Waals surface area (Å²) >= 11 is 1.01. The topological polar surface area (TPSA) is 140 Å². The highest BCUT2D eigenvalue weighted by atomic mass is 32.2. The van der Waals surface area contributed by atoms with Crippen LogP contribution in [0, 0.1) is 0 Å². The molecule has 2 rings (SSSR count). The molecule has 0 aliphatic carbocycles. The Labute approximate surface area is 117 Å². The van der Waals surface area contributed by atoms with E-state index in [1.165, 1.54) is 18.2 Å². The van der Waals surface area contributed by atoms with Gasteiger partial charge in [0.05, 0.1) is 16.9 Å². The molecule has 0 aliphatic heterocycles. The fourth-order valence-corrected chi connectivity index (χ4v) is 2.00. The van der Waals surface area contributed by atoms with Crippen molar-refractivity contribution in [2.45, 2.75) is 11.4 Å². The number of nitrogens with one attached hydrogen (secondary N) is 1. The monoisotopic (exact) mass is 297 g/mol. The van der Waals surface area contributed by atoms with Crippen molar-refractivity contribution in [2.24, 2.45) is 0 Å². The number of carboxylic acids is 1. The smallest absolute Gasteiger partial charge is 0.335 e. The zero-order valence-corrected chi connectivity index (χ0v) is 10.8. The Morgan fingerprint density at radius 1 is 1.40 bits per heavy atom. The summed E-state index contributed by atoms with van der Waals surface area (Å²) in [5.41, 5.74) is 0.211. The van der Waals surface area contributed by atoms with E-state index in [1.54, 1.807) is 0 Å². The Balaban J connectivity index is 2.27. The van der Waals surface area contributed by atoms with Gasteiger partial charge in [-0.25, -0.2) is 9.78 Å². The molecular formula is C11H11N3O5S. The van der Waals surface area contributed by atoms with Gasteiger partial charge in [-0.3, -0.25) is 5.10 Å². The lowest BCUT2D eigenvalue weighted by molar-refractivity contribution is -0.0186. The van der Waals surface area contributed by atoms with E-state index in [0.29, 0.717) is 0 Å². The number of benzene rings is 1. The number of nitrogens with zero attached hydrogens (tertiary/aromatic N) is 2. The Morgan fingerprint density at radius 3 is 2.80 bits per heavy atom. The third-order valence-electron chi connectivity index (χ3n) is 2.33. The van der Waals surface area contributed by atoms with Gasteiger partial charge in [-0.05, 0) is 18.2 Å². The van der Waals surface area contributed by atoms with Crippen LogP contribution in [0.4, 0.5) is 0 Å². The van der Waals surface area contributed by atoms with Crippen LogP contribution in [0.25, 0.3) is 11.4 Å². The summed E-state index contributed by atoms with van der Waals surface area (Å²) in [6.07, 6.45) is -1.48. The van der Waals surface area contributed by atoms with Crippen LogP contribution in [0.2, 0.25) is 0 Å². The van der Waals surface area contributed by atoms with Crippen LogP contribution in [0.15, 0.2) is 23.4 Å². The third kappa shape index (κ3) is 3.26. The van der Waals surface area contributed by atoms with Crippen LogP contribution in [-0.4, -0.2) is 53.6 Å². The van der Waals surface area contributed by atoms with E-state index in [-0.39, 0.29) is 33.6 Å². The third-order valence-corrected chi connectivity index (χ3v) is 3.23. The molecule has 0 saturated carbocycles. The first-order valence-corrected chi connectivity index (χ1v) is 6.44. The molecule has 0 bridgehead atoms. The van der Waals surface area contributed by atoms with Crippen molar-refractivity contribution >= 4 is 17.7 Å². The first kappa shape index (κ1) is 14.3. The number of aromatic nitrogens is 3. The number of H-pyrrole nitrogens is 1. The molecule has 9 heteroatoms. The number of hydrogen-bond acceptors (Lipinski definition) is 7. The number of aromatic hydroxyl groups is 1. The summed E-state index contributed by atoms with van der Waals surface area (Å²) in [5, 5.41) is 42.8. The Bertz CT molecular complexity index is 628. The second kappa shape index (κ2) is 5.90. The van der Waals surface area contributed by atoms with Crippen LogP contribution >= 0.6 is 11.8 Å². The largest absolute Gasteiger partial charge is 0.507 e. The predicted octanol–water partition coefficient (Wildman–Crippen LogP) is 0.278. The highest BCUT2D eigenvalue weighted by molar-refractivity contribution is 7.99. The molecule has 1 aromatic heterocycles. The van der Waals surface area contributed by atoms with Gasteiger partial charge in [0.2, 0.25) is 5.16 Å². The van der Waals surface area contributed by atoms with Crippen molar-refractivity contribution in [3.63, 3.8) is 0 Å². The summed E-state index contributed by atoms with van der Waals surface area (Å²) in [4.78, 5) is 14.9. The fraction of sp³-hybridized carbons (Fsp3) is 0.182.